The van der Waals surface area contributed by atoms with E-state index >= 15 is 0 Å². The van der Waals surface area contributed by atoms with Crippen LogP contribution in [0.4, 0.5) is 5.69 Å². The van der Waals surface area contributed by atoms with Gasteiger partial charge in [-0.25, -0.2) is 0 Å². The van der Waals surface area contributed by atoms with Crippen LogP contribution < -0.4 is 4.90 Å². The van der Waals surface area contributed by atoms with Gasteiger partial charge in [0.15, 0.2) is 0 Å². The molecule has 110 valence electrons. The van der Waals surface area contributed by atoms with Gasteiger partial charge in [0.2, 0.25) is 5.91 Å². The highest BCUT2D eigenvalue weighted by Gasteiger charge is 2.16. The highest BCUT2D eigenvalue weighted by atomic mass is 16.2. The van der Waals surface area contributed by atoms with E-state index < -0.39 is 0 Å². The third kappa shape index (κ3) is 4.34. The molecule has 3 heteroatoms. The second-order valence-electron chi connectivity index (χ2n) is 5.48. The van der Waals surface area contributed by atoms with E-state index in [1.165, 1.54) is 25.7 Å². The van der Waals surface area contributed by atoms with Crippen LogP contribution in [0.3, 0.4) is 0 Å². The van der Waals surface area contributed by atoms with Gasteiger partial charge in [0.05, 0.1) is 0 Å². The standard InChI is InChI=1S/C17H26N2O/c1-2-19(16-10-6-5-7-11-16)17(20)12-15-18-13-8-3-4-9-14-18/h5-7,10-11H,2-4,8-9,12-15H2,1H3. The molecule has 0 aromatic heterocycles. The van der Waals surface area contributed by atoms with Crippen molar-refractivity contribution in [2.24, 2.45) is 0 Å². The van der Waals surface area contributed by atoms with Crippen LogP contribution in [0.2, 0.25) is 0 Å². The molecule has 0 N–H and O–H groups in total. The Bertz CT molecular complexity index is 397. The summed E-state index contributed by atoms with van der Waals surface area (Å²) in [6, 6.07) is 9.97. The molecule has 0 bridgehead atoms. The summed E-state index contributed by atoms with van der Waals surface area (Å²) < 4.78 is 0. The average molecular weight is 274 g/mol. The summed E-state index contributed by atoms with van der Waals surface area (Å²) in [7, 11) is 0. The highest BCUT2D eigenvalue weighted by molar-refractivity contribution is 5.93. The number of hydrogen-bond acceptors (Lipinski definition) is 2. The number of hydrogen-bond donors (Lipinski definition) is 0. The second-order valence-corrected chi connectivity index (χ2v) is 5.48. The van der Waals surface area contributed by atoms with Crippen LogP contribution in [0, 0.1) is 0 Å². The molecule has 1 aliphatic heterocycles. The normalized spacial score (nSPS) is 16.6. The van der Waals surface area contributed by atoms with Gasteiger partial charge in [0, 0.05) is 25.2 Å². The van der Waals surface area contributed by atoms with Crippen molar-refractivity contribution in [3.8, 4) is 0 Å². The van der Waals surface area contributed by atoms with Crippen molar-refractivity contribution in [1.29, 1.82) is 0 Å². The zero-order valence-electron chi connectivity index (χ0n) is 12.6. The number of benzene rings is 1. The van der Waals surface area contributed by atoms with Gasteiger partial charge in [-0.15, -0.1) is 0 Å². The molecule has 0 atom stereocenters. The molecule has 0 radical (unpaired) electrons. The molecule has 3 nitrogen and oxygen atoms in total. The first-order valence-electron chi connectivity index (χ1n) is 7.89. The maximum atomic E-state index is 12.4. The van der Waals surface area contributed by atoms with Gasteiger partial charge in [0.25, 0.3) is 0 Å². The summed E-state index contributed by atoms with van der Waals surface area (Å²) in [5.74, 6) is 0.239. The summed E-state index contributed by atoms with van der Waals surface area (Å²) in [6.07, 6.45) is 5.88. The van der Waals surface area contributed by atoms with Crippen LogP contribution in [-0.2, 0) is 4.79 Å². The van der Waals surface area contributed by atoms with E-state index in [9.17, 15) is 4.79 Å². The SMILES string of the molecule is CCN(C(=O)CCN1CCCCCC1)c1ccccc1. The molecule has 0 spiro atoms. The number of carbonyl (C=O) groups is 1. The number of amides is 1. The third-order valence-electron chi connectivity index (χ3n) is 4.03. The predicted octanol–water partition coefficient (Wildman–Crippen LogP) is 3.31. The third-order valence-corrected chi connectivity index (χ3v) is 4.03. The fourth-order valence-electron chi connectivity index (χ4n) is 2.86. The Labute approximate surface area is 122 Å². The van der Waals surface area contributed by atoms with Gasteiger partial charge in [-0.1, -0.05) is 31.0 Å². The Morgan fingerprint density at radius 2 is 1.75 bits per heavy atom. The van der Waals surface area contributed by atoms with Gasteiger partial charge in [-0.05, 0) is 45.0 Å². The highest BCUT2D eigenvalue weighted by Crippen LogP contribution is 2.15. The lowest BCUT2D eigenvalue weighted by Gasteiger charge is -2.24. The van der Waals surface area contributed by atoms with Crippen molar-refractivity contribution >= 4 is 11.6 Å². The quantitative estimate of drug-likeness (QED) is 0.822. The number of nitrogens with zero attached hydrogens (tertiary/aromatic N) is 2. The number of para-hydroxylation sites is 1. The maximum Gasteiger partial charge on any atom is 0.228 e. The Hall–Kier alpha value is -1.35. The van der Waals surface area contributed by atoms with Crippen LogP contribution in [0.5, 0.6) is 0 Å². The fourth-order valence-corrected chi connectivity index (χ4v) is 2.86. The summed E-state index contributed by atoms with van der Waals surface area (Å²) in [5.41, 5.74) is 1.01. The van der Waals surface area contributed by atoms with Crippen molar-refractivity contribution in [2.75, 3.05) is 31.1 Å². The molecule has 1 aromatic carbocycles. The molecule has 1 fully saturated rings. The van der Waals surface area contributed by atoms with Crippen LogP contribution >= 0.6 is 0 Å². The molecule has 1 heterocycles. The minimum atomic E-state index is 0.239. The van der Waals surface area contributed by atoms with E-state index in [0.29, 0.717) is 6.42 Å². The largest absolute Gasteiger partial charge is 0.313 e. The van der Waals surface area contributed by atoms with E-state index in [0.717, 1.165) is 31.9 Å². The van der Waals surface area contributed by atoms with Crippen LogP contribution in [0.15, 0.2) is 30.3 Å². The Balaban J connectivity index is 1.86. The molecular formula is C17H26N2O. The van der Waals surface area contributed by atoms with Gasteiger partial charge in [0.1, 0.15) is 0 Å². The minimum absolute atomic E-state index is 0.239. The lowest BCUT2D eigenvalue weighted by molar-refractivity contribution is -0.118. The van der Waals surface area contributed by atoms with Crippen LogP contribution in [0.25, 0.3) is 0 Å². The number of rotatable bonds is 5. The zero-order valence-corrected chi connectivity index (χ0v) is 12.6. The van der Waals surface area contributed by atoms with Gasteiger partial charge < -0.3 is 9.80 Å². The first-order chi connectivity index (χ1) is 9.81. The van der Waals surface area contributed by atoms with Crippen LogP contribution in [-0.4, -0.2) is 37.0 Å². The molecule has 20 heavy (non-hydrogen) atoms. The molecule has 1 saturated heterocycles. The monoisotopic (exact) mass is 274 g/mol. The molecule has 0 saturated carbocycles. The van der Waals surface area contributed by atoms with Crippen LogP contribution in [0.1, 0.15) is 39.0 Å². The van der Waals surface area contributed by atoms with Crippen molar-refractivity contribution in [1.82, 2.24) is 4.90 Å². The smallest absolute Gasteiger partial charge is 0.228 e. The molecule has 0 unspecified atom stereocenters. The minimum Gasteiger partial charge on any atom is -0.313 e. The molecule has 1 aliphatic rings. The Morgan fingerprint density at radius 1 is 1.10 bits per heavy atom. The van der Waals surface area contributed by atoms with Gasteiger partial charge >= 0.3 is 0 Å². The summed E-state index contributed by atoms with van der Waals surface area (Å²) in [5, 5.41) is 0. The molecule has 1 amide bonds. The average Bonchev–Trinajstić information content (AvgIpc) is 2.76. The molecule has 2 rings (SSSR count). The molecule has 1 aromatic rings. The fraction of sp³-hybridized carbons (Fsp3) is 0.588. The predicted molar refractivity (Wildman–Crippen MR) is 84.0 cm³/mol. The van der Waals surface area contributed by atoms with Crippen molar-refractivity contribution < 1.29 is 4.79 Å². The number of anilines is 1. The van der Waals surface area contributed by atoms with E-state index in [1.54, 1.807) is 0 Å². The summed E-state index contributed by atoms with van der Waals surface area (Å²) in [4.78, 5) is 16.7. The van der Waals surface area contributed by atoms with E-state index in [1.807, 2.05) is 42.2 Å². The van der Waals surface area contributed by atoms with E-state index in [4.69, 9.17) is 0 Å². The van der Waals surface area contributed by atoms with Crippen molar-refractivity contribution in [3.05, 3.63) is 30.3 Å². The first-order valence-corrected chi connectivity index (χ1v) is 7.89. The lowest BCUT2D eigenvalue weighted by Crippen LogP contribution is -2.35. The summed E-state index contributed by atoms with van der Waals surface area (Å²) in [6.45, 7) is 6.00. The number of likely N-dealkylation sites (tertiary alicyclic amines) is 1. The Kier molecular flexibility index (Phi) is 6.06. The number of carbonyl (C=O) groups excluding carboxylic acids is 1. The zero-order chi connectivity index (χ0) is 14.2. The van der Waals surface area contributed by atoms with Crippen molar-refractivity contribution in [2.45, 2.75) is 39.0 Å². The lowest BCUT2D eigenvalue weighted by atomic mass is 10.2. The van der Waals surface area contributed by atoms with Gasteiger partial charge in [-0.2, -0.15) is 0 Å². The maximum absolute atomic E-state index is 12.4. The molecular weight excluding hydrogens is 248 g/mol. The van der Waals surface area contributed by atoms with E-state index in [-0.39, 0.29) is 5.91 Å². The second kappa shape index (κ2) is 8.05. The topological polar surface area (TPSA) is 23.6 Å². The van der Waals surface area contributed by atoms with Crippen molar-refractivity contribution in [3.63, 3.8) is 0 Å². The van der Waals surface area contributed by atoms with E-state index in [2.05, 4.69) is 4.90 Å². The van der Waals surface area contributed by atoms with Gasteiger partial charge in [-0.3, -0.25) is 4.79 Å². The summed E-state index contributed by atoms with van der Waals surface area (Å²) >= 11 is 0. The first kappa shape index (κ1) is 15.0. The molecule has 0 aliphatic carbocycles. The Morgan fingerprint density at radius 3 is 2.35 bits per heavy atom.